The van der Waals surface area contributed by atoms with Gasteiger partial charge in [-0.3, -0.25) is 14.2 Å². The number of thioether (sulfide) groups is 1. The molecule has 4 rings (SSSR count). The van der Waals surface area contributed by atoms with E-state index in [0.717, 1.165) is 16.8 Å². The number of aryl methyl sites for hydroxylation is 1. The van der Waals surface area contributed by atoms with Gasteiger partial charge in [0.25, 0.3) is 5.56 Å². The Hall–Kier alpha value is -2.71. The second-order valence-electron chi connectivity index (χ2n) is 8.15. The molecule has 0 saturated carbocycles. The molecule has 0 radical (unpaired) electrons. The fourth-order valence-corrected chi connectivity index (χ4v) is 4.32. The van der Waals surface area contributed by atoms with Crippen LogP contribution in [0.1, 0.15) is 37.6 Å². The maximum atomic E-state index is 13.5. The van der Waals surface area contributed by atoms with Crippen LogP contribution >= 0.6 is 11.8 Å². The zero-order valence-electron chi connectivity index (χ0n) is 18.1. The third kappa shape index (κ3) is 4.50. The van der Waals surface area contributed by atoms with Crippen molar-refractivity contribution in [2.45, 2.75) is 51.5 Å². The van der Waals surface area contributed by atoms with Crippen molar-refractivity contribution in [3.8, 4) is 5.69 Å². The summed E-state index contributed by atoms with van der Waals surface area (Å²) in [4.78, 5) is 34.9. The van der Waals surface area contributed by atoms with Gasteiger partial charge in [0.05, 0.1) is 41.3 Å². The molecule has 31 heavy (non-hydrogen) atoms. The molecule has 1 aliphatic rings. The summed E-state index contributed by atoms with van der Waals surface area (Å²) in [6.07, 6.45) is 0.645. The molecule has 162 valence electrons. The number of hydrogen-bond donors (Lipinski definition) is 0. The molecule has 0 aliphatic carbocycles. The molecule has 3 aromatic rings. The molecule has 0 spiro atoms. The molecule has 0 amide bonds. The van der Waals surface area contributed by atoms with E-state index in [1.165, 1.54) is 16.3 Å². The van der Waals surface area contributed by atoms with E-state index in [2.05, 4.69) is 4.98 Å². The predicted octanol–water partition coefficient (Wildman–Crippen LogP) is 3.60. The molecule has 0 atom stereocenters. The van der Waals surface area contributed by atoms with Crippen molar-refractivity contribution in [1.29, 1.82) is 0 Å². The first kappa shape index (κ1) is 21.5. The number of esters is 1. The smallest absolute Gasteiger partial charge is 0.316 e. The van der Waals surface area contributed by atoms with Crippen molar-refractivity contribution < 1.29 is 14.3 Å². The lowest BCUT2D eigenvalue weighted by Gasteiger charge is -2.31. The molecule has 0 fully saturated rings. The standard InChI is InChI=1S/C23H25N3O4S/c1-5-29-19(27)13-31-22-25-20-17(10-15-12-30-23(3,4)11-18(15)24-20)21(28)26(22)16-8-6-14(2)7-9-16/h6-10H,5,11-13H2,1-4H3. The zero-order chi connectivity index (χ0) is 22.2. The quantitative estimate of drug-likeness (QED) is 0.341. The minimum atomic E-state index is -0.352. The van der Waals surface area contributed by atoms with Crippen molar-refractivity contribution in [3.63, 3.8) is 0 Å². The summed E-state index contributed by atoms with van der Waals surface area (Å²) in [5.74, 6) is -0.293. The molecule has 0 saturated heterocycles. The molecule has 7 nitrogen and oxygen atoms in total. The molecule has 1 aromatic carbocycles. The van der Waals surface area contributed by atoms with E-state index in [9.17, 15) is 9.59 Å². The van der Waals surface area contributed by atoms with E-state index in [1.54, 1.807) is 6.92 Å². The van der Waals surface area contributed by atoms with Gasteiger partial charge in [0.2, 0.25) is 0 Å². The van der Waals surface area contributed by atoms with Crippen LogP contribution in [0.25, 0.3) is 16.7 Å². The van der Waals surface area contributed by atoms with Crippen molar-refractivity contribution in [1.82, 2.24) is 14.5 Å². The average molecular weight is 440 g/mol. The number of hydrogen-bond acceptors (Lipinski definition) is 7. The van der Waals surface area contributed by atoms with Gasteiger partial charge in [-0.15, -0.1) is 0 Å². The molecule has 0 unspecified atom stereocenters. The van der Waals surface area contributed by atoms with Gasteiger partial charge in [-0.05, 0) is 45.9 Å². The van der Waals surface area contributed by atoms with Crippen LogP contribution in [0, 0.1) is 6.92 Å². The Morgan fingerprint density at radius 2 is 2.00 bits per heavy atom. The lowest BCUT2D eigenvalue weighted by molar-refractivity contribution is -0.139. The number of nitrogens with zero attached hydrogens (tertiary/aromatic N) is 3. The van der Waals surface area contributed by atoms with Gasteiger partial charge in [0.1, 0.15) is 0 Å². The van der Waals surface area contributed by atoms with Gasteiger partial charge in [-0.25, -0.2) is 9.97 Å². The minimum Gasteiger partial charge on any atom is -0.465 e. The first-order valence-electron chi connectivity index (χ1n) is 10.2. The van der Waals surface area contributed by atoms with Gasteiger partial charge in [0, 0.05) is 12.0 Å². The van der Waals surface area contributed by atoms with Gasteiger partial charge < -0.3 is 9.47 Å². The SMILES string of the molecule is CCOC(=O)CSc1nc2nc3c(cc2c(=O)n1-c1ccc(C)cc1)COC(C)(C)C3. The number of carbonyl (C=O) groups excluding carboxylic acids is 1. The van der Waals surface area contributed by atoms with Crippen LogP contribution in [0.4, 0.5) is 0 Å². The third-order valence-corrected chi connectivity index (χ3v) is 6.04. The van der Waals surface area contributed by atoms with Gasteiger partial charge in [-0.1, -0.05) is 29.5 Å². The first-order chi connectivity index (χ1) is 14.8. The van der Waals surface area contributed by atoms with Crippen molar-refractivity contribution in [2.75, 3.05) is 12.4 Å². The molecule has 0 bridgehead atoms. The first-order valence-corrected chi connectivity index (χ1v) is 11.2. The summed E-state index contributed by atoms with van der Waals surface area (Å²) in [7, 11) is 0. The fourth-order valence-electron chi connectivity index (χ4n) is 3.52. The summed E-state index contributed by atoms with van der Waals surface area (Å²) in [6.45, 7) is 8.50. The van der Waals surface area contributed by atoms with Crippen LogP contribution in [0.2, 0.25) is 0 Å². The van der Waals surface area contributed by atoms with E-state index < -0.39 is 0 Å². The van der Waals surface area contributed by atoms with Crippen LogP contribution in [-0.4, -0.2) is 38.5 Å². The highest BCUT2D eigenvalue weighted by molar-refractivity contribution is 7.99. The molecule has 2 aromatic heterocycles. The van der Waals surface area contributed by atoms with Crippen LogP contribution in [-0.2, 0) is 27.3 Å². The molecular weight excluding hydrogens is 414 g/mol. The summed E-state index contributed by atoms with van der Waals surface area (Å²) in [5, 5.41) is 0.844. The van der Waals surface area contributed by atoms with Crippen LogP contribution < -0.4 is 5.56 Å². The molecule has 0 N–H and O–H groups in total. The molecule has 3 heterocycles. The second-order valence-corrected chi connectivity index (χ2v) is 9.10. The monoisotopic (exact) mass is 439 g/mol. The third-order valence-electron chi connectivity index (χ3n) is 5.13. The number of benzene rings is 1. The normalized spacial score (nSPS) is 15.0. The van der Waals surface area contributed by atoms with Gasteiger partial charge in [0.15, 0.2) is 10.8 Å². The van der Waals surface area contributed by atoms with E-state index in [1.807, 2.05) is 51.1 Å². The maximum absolute atomic E-state index is 13.5. The summed E-state index contributed by atoms with van der Waals surface area (Å²) in [6, 6.07) is 9.46. The number of pyridine rings is 1. The van der Waals surface area contributed by atoms with Crippen molar-refractivity contribution in [3.05, 3.63) is 57.5 Å². The number of aromatic nitrogens is 3. The van der Waals surface area contributed by atoms with E-state index >= 15 is 0 Å². The van der Waals surface area contributed by atoms with Crippen LogP contribution in [0.5, 0.6) is 0 Å². The lowest BCUT2D eigenvalue weighted by Crippen LogP contribution is -2.33. The van der Waals surface area contributed by atoms with Crippen molar-refractivity contribution in [2.24, 2.45) is 0 Å². The fraction of sp³-hybridized carbons (Fsp3) is 0.391. The molecular formula is C23H25N3O4S. The predicted molar refractivity (Wildman–Crippen MR) is 120 cm³/mol. The summed E-state index contributed by atoms with van der Waals surface area (Å²) in [5.41, 5.74) is 3.43. The van der Waals surface area contributed by atoms with E-state index in [4.69, 9.17) is 14.5 Å². The maximum Gasteiger partial charge on any atom is 0.316 e. The summed E-state index contributed by atoms with van der Waals surface area (Å²) < 4.78 is 12.5. The highest BCUT2D eigenvalue weighted by Gasteiger charge is 2.28. The summed E-state index contributed by atoms with van der Waals surface area (Å²) >= 11 is 1.17. The number of carbonyl (C=O) groups is 1. The van der Waals surface area contributed by atoms with Gasteiger partial charge >= 0.3 is 5.97 Å². The van der Waals surface area contributed by atoms with Crippen LogP contribution in [0.15, 0.2) is 40.3 Å². The Morgan fingerprint density at radius 1 is 1.26 bits per heavy atom. The number of fused-ring (bicyclic) bond motifs is 2. The Kier molecular flexibility index (Phi) is 5.85. The largest absolute Gasteiger partial charge is 0.465 e. The lowest BCUT2D eigenvalue weighted by atomic mass is 9.95. The highest BCUT2D eigenvalue weighted by Crippen LogP contribution is 2.29. The minimum absolute atomic E-state index is 0.0590. The second kappa shape index (κ2) is 8.43. The zero-order valence-corrected chi connectivity index (χ0v) is 18.9. The van der Waals surface area contributed by atoms with E-state index in [-0.39, 0.29) is 22.9 Å². The Bertz CT molecular complexity index is 1200. The Balaban J connectivity index is 1.87. The van der Waals surface area contributed by atoms with Gasteiger partial charge in [-0.2, -0.15) is 0 Å². The Labute approximate surface area is 184 Å². The number of ether oxygens (including phenoxy) is 2. The number of rotatable bonds is 5. The van der Waals surface area contributed by atoms with Crippen LogP contribution in [0.3, 0.4) is 0 Å². The average Bonchev–Trinajstić information content (AvgIpc) is 2.72. The Morgan fingerprint density at radius 3 is 2.71 bits per heavy atom. The molecule has 1 aliphatic heterocycles. The molecule has 8 heteroatoms. The highest BCUT2D eigenvalue weighted by atomic mass is 32.2. The van der Waals surface area contributed by atoms with E-state index in [0.29, 0.717) is 41.5 Å². The van der Waals surface area contributed by atoms with Crippen molar-refractivity contribution >= 4 is 28.8 Å². The topological polar surface area (TPSA) is 83.3 Å².